The van der Waals surface area contributed by atoms with Crippen LogP contribution < -0.4 is 4.74 Å². The molecule has 0 aromatic heterocycles. The minimum atomic E-state index is -0.821. The first-order chi connectivity index (χ1) is 16.8. The van der Waals surface area contributed by atoms with Gasteiger partial charge in [-0.25, -0.2) is 0 Å². The number of aliphatic hydroxyl groups excluding tert-OH is 1. The van der Waals surface area contributed by atoms with E-state index in [-0.39, 0.29) is 29.4 Å². The number of amides is 1. The number of ether oxygens (including phenoxy) is 1. The number of benzene rings is 3. The van der Waals surface area contributed by atoms with Crippen LogP contribution >= 0.6 is 0 Å². The fourth-order valence-electron chi connectivity index (χ4n) is 4.46. The van der Waals surface area contributed by atoms with Gasteiger partial charge in [-0.1, -0.05) is 54.1 Å². The molecule has 35 heavy (non-hydrogen) atoms. The average molecular weight is 472 g/mol. The van der Waals surface area contributed by atoms with Gasteiger partial charge in [0.25, 0.3) is 11.7 Å². The molecular formula is C29H29NO5. The van der Waals surface area contributed by atoms with Crippen LogP contribution in [0.1, 0.15) is 40.8 Å². The van der Waals surface area contributed by atoms with Crippen LogP contribution in [-0.2, 0) is 16.0 Å². The number of hydrogen-bond acceptors (Lipinski definition) is 5. The number of nitrogens with zero attached hydrogens (tertiary/aromatic N) is 1. The van der Waals surface area contributed by atoms with Gasteiger partial charge in [-0.05, 0) is 62.1 Å². The summed E-state index contributed by atoms with van der Waals surface area (Å²) < 4.78 is 5.55. The maximum absolute atomic E-state index is 13.3. The van der Waals surface area contributed by atoms with E-state index in [4.69, 9.17) is 4.74 Å². The molecule has 4 rings (SSSR count). The Balaban J connectivity index is 1.85. The van der Waals surface area contributed by atoms with E-state index in [2.05, 4.69) is 0 Å². The van der Waals surface area contributed by atoms with Crippen LogP contribution in [-0.4, -0.2) is 40.0 Å². The molecule has 1 aliphatic rings. The van der Waals surface area contributed by atoms with Gasteiger partial charge in [-0.3, -0.25) is 9.59 Å². The van der Waals surface area contributed by atoms with Gasteiger partial charge in [0.15, 0.2) is 11.5 Å². The summed E-state index contributed by atoms with van der Waals surface area (Å²) in [4.78, 5) is 28.0. The molecule has 3 aromatic carbocycles. The maximum Gasteiger partial charge on any atom is 0.295 e. The van der Waals surface area contributed by atoms with Crippen LogP contribution in [0, 0.1) is 13.8 Å². The third-order valence-electron chi connectivity index (χ3n) is 6.27. The number of aliphatic hydroxyl groups is 1. The van der Waals surface area contributed by atoms with Crippen molar-refractivity contribution in [2.45, 2.75) is 33.2 Å². The van der Waals surface area contributed by atoms with Crippen molar-refractivity contribution in [2.24, 2.45) is 0 Å². The lowest BCUT2D eigenvalue weighted by molar-refractivity contribution is -0.139. The zero-order valence-corrected chi connectivity index (χ0v) is 20.1. The number of aromatic hydroxyl groups is 1. The monoisotopic (exact) mass is 471 g/mol. The SMILES string of the molecule is CCOc1cc([C@@H]2C(=C(O)c3cc(C)ccc3C)C(=O)C(=O)N2CCc2ccccc2)ccc1O. The highest BCUT2D eigenvalue weighted by molar-refractivity contribution is 6.46. The van der Waals surface area contributed by atoms with Gasteiger partial charge >= 0.3 is 0 Å². The molecule has 2 N–H and O–H groups in total. The zero-order chi connectivity index (χ0) is 25.1. The average Bonchev–Trinajstić information content (AvgIpc) is 3.11. The predicted octanol–water partition coefficient (Wildman–Crippen LogP) is 5.07. The number of carbonyl (C=O) groups excluding carboxylic acids is 2. The van der Waals surface area contributed by atoms with Crippen molar-refractivity contribution in [3.05, 3.63) is 100 Å². The lowest BCUT2D eigenvalue weighted by Crippen LogP contribution is -2.31. The summed E-state index contributed by atoms with van der Waals surface area (Å²) in [5, 5.41) is 21.6. The molecule has 3 aromatic rings. The Hall–Kier alpha value is -4.06. The zero-order valence-electron chi connectivity index (χ0n) is 20.1. The smallest absolute Gasteiger partial charge is 0.295 e. The Bertz CT molecular complexity index is 1300. The first-order valence-electron chi connectivity index (χ1n) is 11.7. The summed E-state index contributed by atoms with van der Waals surface area (Å²) in [5.41, 5.74) is 3.87. The van der Waals surface area contributed by atoms with E-state index in [0.717, 1.165) is 16.7 Å². The van der Waals surface area contributed by atoms with Gasteiger partial charge < -0.3 is 19.8 Å². The van der Waals surface area contributed by atoms with Crippen molar-refractivity contribution < 1.29 is 24.5 Å². The number of rotatable bonds is 7. The highest BCUT2D eigenvalue weighted by atomic mass is 16.5. The molecule has 6 heteroatoms. The molecule has 0 unspecified atom stereocenters. The van der Waals surface area contributed by atoms with Crippen LogP contribution in [0.4, 0.5) is 0 Å². The number of phenolic OH excluding ortho intramolecular Hbond substituents is 1. The summed E-state index contributed by atoms with van der Waals surface area (Å²) in [6.07, 6.45) is 0.546. The summed E-state index contributed by atoms with van der Waals surface area (Å²) >= 11 is 0. The van der Waals surface area contributed by atoms with E-state index in [1.54, 1.807) is 19.1 Å². The van der Waals surface area contributed by atoms with Crippen LogP contribution in [0.2, 0.25) is 0 Å². The van der Waals surface area contributed by atoms with E-state index in [1.807, 2.05) is 62.4 Å². The topological polar surface area (TPSA) is 87.1 Å². The fraction of sp³-hybridized carbons (Fsp3) is 0.241. The lowest BCUT2D eigenvalue weighted by Gasteiger charge is -2.26. The quantitative estimate of drug-likeness (QED) is 0.285. The van der Waals surface area contributed by atoms with Crippen LogP contribution in [0.3, 0.4) is 0 Å². The summed E-state index contributed by atoms with van der Waals surface area (Å²) in [7, 11) is 0. The molecule has 1 heterocycles. The van der Waals surface area contributed by atoms with E-state index in [0.29, 0.717) is 24.2 Å². The van der Waals surface area contributed by atoms with E-state index in [1.165, 1.54) is 11.0 Å². The van der Waals surface area contributed by atoms with Gasteiger partial charge in [-0.2, -0.15) is 0 Å². The van der Waals surface area contributed by atoms with Crippen LogP contribution in [0.5, 0.6) is 11.5 Å². The number of ketones is 1. The Morgan fingerprint density at radius 2 is 1.74 bits per heavy atom. The number of hydrogen-bond donors (Lipinski definition) is 2. The Kier molecular flexibility index (Phi) is 6.92. The predicted molar refractivity (Wildman–Crippen MR) is 134 cm³/mol. The second kappa shape index (κ2) is 10.1. The number of likely N-dealkylation sites (tertiary alicyclic amines) is 1. The van der Waals surface area contributed by atoms with Gasteiger partial charge in [0.2, 0.25) is 0 Å². The van der Waals surface area contributed by atoms with E-state index in [9.17, 15) is 19.8 Å². The molecule has 0 radical (unpaired) electrons. The molecule has 0 aliphatic carbocycles. The van der Waals surface area contributed by atoms with Gasteiger partial charge in [0, 0.05) is 12.1 Å². The molecule has 6 nitrogen and oxygen atoms in total. The Morgan fingerprint density at radius 1 is 1.00 bits per heavy atom. The molecule has 1 amide bonds. The first kappa shape index (κ1) is 24.1. The van der Waals surface area contributed by atoms with E-state index < -0.39 is 17.7 Å². The molecule has 0 saturated carbocycles. The molecule has 180 valence electrons. The van der Waals surface area contributed by atoms with Gasteiger partial charge in [0.05, 0.1) is 18.2 Å². The molecule has 0 bridgehead atoms. The lowest BCUT2D eigenvalue weighted by atomic mass is 9.93. The number of aryl methyl sites for hydroxylation is 2. The second-order valence-electron chi connectivity index (χ2n) is 8.71. The molecule has 1 saturated heterocycles. The van der Waals surface area contributed by atoms with E-state index >= 15 is 0 Å². The van der Waals surface area contributed by atoms with Crippen LogP contribution in [0.15, 0.2) is 72.3 Å². The van der Waals surface area contributed by atoms with Crippen molar-refractivity contribution in [1.82, 2.24) is 4.90 Å². The minimum absolute atomic E-state index is 0.0323. The molecule has 1 aliphatic heterocycles. The van der Waals surface area contributed by atoms with Crippen molar-refractivity contribution in [2.75, 3.05) is 13.2 Å². The minimum Gasteiger partial charge on any atom is -0.507 e. The number of phenols is 1. The maximum atomic E-state index is 13.3. The third kappa shape index (κ3) is 4.78. The summed E-state index contributed by atoms with van der Waals surface area (Å²) in [5.74, 6) is -1.38. The second-order valence-corrected chi connectivity index (χ2v) is 8.71. The third-order valence-corrected chi connectivity index (χ3v) is 6.27. The largest absolute Gasteiger partial charge is 0.507 e. The summed E-state index contributed by atoms with van der Waals surface area (Å²) in [6.45, 7) is 6.18. The normalized spacial score (nSPS) is 17.1. The van der Waals surface area contributed by atoms with Gasteiger partial charge in [-0.15, -0.1) is 0 Å². The van der Waals surface area contributed by atoms with Crippen molar-refractivity contribution in [3.63, 3.8) is 0 Å². The van der Waals surface area contributed by atoms with Crippen LogP contribution in [0.25, 0.3) is 5.76 Å². The molecular weight excluding hydrogens is 442 g/mol. The molecule has 1 fully saturated rings. The fourth-order valence-corrected chi connectivity index (χ4v) is 4.46. The Labute approximate surface area is 205 Å². The highest BCUT2D eigenvalue weighted by Crippen LogP contribution is 2.42. The van der Waals surface area contributed by atoms with Crippen molar-refractivity contribution in [1.29, 1.82) is 0 Å². The first-order valence-corrected chi connectivity index (χ1v) is 11.7. The standard InChI is InChI=1S/C29H29NO5/c1-4-35-24-17-21(12-13-23(24)31)26-25(27(32)22-16-18(2)10-11-19(22)3)28(33)29(34)30(26)15-14-20-8-6-5-7-9-20/h5-13,16-17,26,31-32H,4,14-15H2,1-3H3/t26-/m1/s1. The molecule has 1 atom stereocenters. The van der Waals surface area contributed by atoms with Gasteiger partial charge in [0.1, 0.15) is 5.76 Å². The highest BCUT2D eigenvalue weighted by Gasteiger charge is 2.46. The number of Topliss-reactive ketones (excluding diaryl/α,β-unsaturated/α-hetero) is 1. The van der Waals surface area contributed by atoms with Crippen molar-refractivity contribution >= 4 is 17.4 Å². The Morgan fingerprint density at radius 3 is 2.46 bits per heavy atom. The van der Waals surface area contributed by atoms with Crippen molar-refractivity contribution in [3.8, 4) is 11.5 Å². The molecule has 0 spiro atoms. The number of carbonyl (C=O) groups is 2. The summed E-state index contributed by atoms with van der Waals surface area (Å²) in [6, 6.07) is 19.3.